The fourth-order valence-electron chi connectivity index (χ4n) is 2.83. The Balaban J connectivity index is 1.66. The molecular formula is C22H19Cl2N3O4S. The van der Waals surface area contributed by atoms with Crippen LogP contribution in [0.25, 0.3) is 0 Å². The number of amides is 2. The molecule has 0 aliphatic carbocycles. The second-order valence-electron chi connectivity index (χ2n) is 6.72. The van der Waals surface area contributed by atoms with E-state index in [0.717, 1.165) is 5.56 Å². The normalized spacial score (nSPS) is 11.0. The van der Waals surface area contributed by atoms with Crippen molar-refractivity contribution in [3.05, 3.63) is 93.5 Å². The van der Waals surface area contributed by atoms with Gasteiger partial charge in [0.2, 0.25) is 0 Å². The molecule has 0 fully saturated rings. The van der Waals surface area contributed by atoms with Crippen LogP contribution in [0.1, 0.15) is 26.3 Å². The Hall–Kier alpha value is -3.07. The number of hydrogen-bond acceptors (Lipinski definition) is 4. The van der Waals surface area contributed by atoms with Gasteiger partial charge in [0.15, 0.2) is 0 Å². The average molecular weight is 492 g/mol. The van der Waals surface area contributed by atoms with E-state index in [1.807, 2.05) is 0 Å². The number of rotatable bonds is 7. The minimum atomic E-state index is -3.96. The van der Waals surface area contributed by atoms with Gasteiger partial charge in [-0.05, 0) is 60.2 Å². The number of nitrogens with one attached hydrogen (secondary N) is 3. The summed E-state index contributed by atoms with van der Waals surface area (Å²) in [6, 6.07) is 17.0. The van der Waals surface area contributed by atoms with E-state index in [4.69, 9.17) is 23.2 Å². The Bertz CT molecular complexity index is 1260. The molecule has 2 amide bonds. The predicted octanol–water partition coefficient (Wildman–Crippen LogP) is 4.08. The van der Waals surface area contributed by atoms with E-state index < -0.39 is 10.0 Å². The Morgan fingerprint density at radius 2 is 1.59 bits per heavy atom. The van der Waals surface area contributed by atoms with Gasteiger partial charge in [-0.25, -0.2) is 8.42 Å². The van der Waals surface area contributed by atoms with Crippen LogP contribution in [0, 0.1) is 0 Å². The summed E-state index contributed by atoms with van der Waals surface area (Å²) in [5.41, 5.74) is 1.87. The lowest BCUT2D eigenvalue weighted by Crippen LogP contribution is -2.23. The van der Waals surface area contributed by atoms with Crippen molar-refractivity contribution in [1.29, 1.82) is 0 Å². The van der Waals surface area contributed by atoms with Gasteiger partial charge in [0, 0.05) is 35.4 Å². The summed E-state index contributed by atoms with van der Waals surface area (Å²) in [7, 11) is -2.41. The molecule has 0 saturated heterocycles. The fraction of sp³-hybridized carbons (Fsp3) is 0.0909. The van der Waals surface area contributed by atoms with Crippen LogP contribution in [-0.4, -0.2) is 27.3 Å². The molecule has 0 heterocycles. The molecule has 0 unspecified atom stereocenters. The van der Waals surface area contributed by atoms with E-state index in [-0.39, 0.29) is 39.0 Å². The van der Waals surface area contributed by atoms with E-state index in [1.54, 1.807) is 31.3 Å². The molecule has 0 aliphatic heterocycles. The van der Waals surface area contributed by atoms with Gasteiger partial charge in [-0.1, -0.05) is 35.3 Å². The minimum Gasteiger partial charge on any atom is -0.355 e. The molecule has 0 atom stereocenters. The van der Waals surface area contributed by atoms with Gasteiger partial charge in [0.1, 0.15) is 4.90 Å². The van der Waals surface area contributed by atoms with Crippen molar-refractivity contribution in [3.63, 3.8) is 0 Å². The molecule has 0 saturated carbocycles. The molecule has 10 heteroatoms. The summed E-state index contributed by atoms with van der Waals surface area (Å²) < 4.78 is 27.6. The zero-order valence-corrected chi connectivity index (χ0v) is 19.2. The summed E-state index contributed by atoms with van der Waals surface area (Å²) in [4.78, 5) is 24.0. The van der Waals surface area contributed by atoms with Gasteiger partial charge in [-0.3, -0.25) is 14.3 Å². The SMILES string of the molecule is CNC(=O)c1cccc(CNC(=O)c2ccc(NS(=O)(=O)c3cc(Cl)ccc3Cl)cc2)c1. The number of carbonyl (C=O) groups is 2. The van der Waals surface area contributed by atoms with Crippen molar-refractivity contribution >= 4 is 50.7 Å². The van der Waals surface area contributed by atoms with Crippen molar-refractivity contribution in [2.24, 2.45) is 0 Å². The topological polar surface area (TPSA) is 104 Å². The van der Waals surface area contributed by atoms with E-state index in [0.29, 0.717) is 11.1 Å². The molecular weight excluding hydrogens is 473 g/mol. The zero-order valence-electron chi connectivity index (χ0n) is 16.9. The number of hydrogen-bond donors (Lipinski definition) is 3. The number of carbonyl (C=O) groups excluding carboxylic acids is 2. The van der Waals surface area contributed by atoms with Crippen molar-refractivity contribution in [1.82, 2.24) is 10.6 Å². The first kappa shape index (κ1) is 23.6. The highest BCUT2D eigenvalue weighted by Crippen LogP contribution is 2.27. The van der Waals surface area contributed by atoms with Gasteiger partial charge >= 0.3 is 0 Å². The highest BCUT2D eigenvalue weighted by molar-refractivity contribution is 7.92. The molecule has 3 rings (SSSR count). The van der Waals surface area contributed by atoms with Gasteiger partial charge in [0.05, 0.1) is 5.02 Å². The van der Waals surface area contributed by atoms with Crippen LogP contribution in [0.2, 0.25) is 10.0 Å². The summed E-state index contributed by atoms with van der Waals surface area (Å²) in [6.07, 6.45) is 0. The molecule has 0 radical (unpaired) electrons. The van der Waals surface area contributed by atoms with Crippen molar-refractivity contribution in [2.75, 3.05) is 11.8 Å². The molecule has 3 aromatic carbocycles. The smallest absolute Gasteiger partial charge is 0.263 e. The summed E-state index contributed by atoms with van der Waals surface area (Å²) in [5, 5.41) is 5.59. The van der Waals surface area contributed by atoms with Gasteiger partial charge in [-0.15, -0.1) is 0 Å². The van der Waals surface area contributed by atoms with Crippen LogP contribution in [0.5, 0.6) is 0 Å². The Kier molecular flexibility index (Phi) is 7.40. The summed E-state index contributed by atoms with van der Waals surface area (Å²) >= 11 is 11.9. The second kappa shape index (κ2) is 10.0. The Morgan fingerprint density at radius 3 is 2.28 bits per heavy atom. The van der Waals surface area contributed by atoms with Crippen molar-refractivity contribution < 1.29 is 18.0 Å². The molecule has 3 N–H and O–H groups in total. The first-order valence-corrected chi connectivity index (χ1v) is 11.6. The number of anilines is 1. The molecule has 0 spiro atoms. The highest BCUT2D eigenvalue weighted by atomic mass is 35.5. The van der Waals surface area contributed by atoms with E-state index in [2.05, 4.69) is 15.4 Å². The lowest BCUT2D eigenvalue weighted by atomic mass is 10.1. The number of benzene rings is 3. The molecule has 3 aromatic rings. The number of halogens is 2. The van der Waals surface area contributed by atoms with Crippen molar-refractivity contribution in [2.45, 2.75) is 11.4 Å². The summed E-state index contributed by atoms with van der Waals surface area (Å²) in [5.74, 6) is -0.557. The standard InChI is InChI=1S/C22H19Cl2N3O4S/c1-25-21(28)16-4-2-3-14(11-16)13-26-22(29)15-5-8-18(9-6-15)27-32(30,31)20-12-17(23)7-10-19(20)24/h2-12,27H,13H2,1H3,(H,25,28)(H,26,29). The molecule has 7 nitrogen and oxygen atoms in total. The lowest BCUT2D eigenvalue weighted by Gasteiger charge is -2.11. The largest absolute Gasteiger partial charge is 0.355 e. The van der Waals surface area contributed by atoms with Gasteiger partial charge in [0.25, 0.3) is 21.8 Å². The van der Waals surface area contributed by atoms with Crippen LogP contribution in [0.4, 0.5) is 5.69 Å². The molecule has 0 bridgehead atoms. The van der Waals surface area contributed by atoms with Crippen LogP contribution in [-0.2, 0) is 16.6 Å². The zero-order chi connectivity index (χ0) is 23.3. The fourth-order valence-corrected chi connectivity index (χ4v) is 4.66. The lowest BCUT2D eigenvalue weighted by molar-refractivity contribution is 0.0948. The predicted molar refractivity (Wildman–Crippen MR) is 125 cm³/mol. The monoisotopic (exact) mass is 491 g/mol. The second-order valence-corrected chi connectivity index (χ2v) is 9.21. The number of sulfonamides is 1. The Morgan fingerprint density at radius 1 is 0.875 bits per heavy atom. The Labute approximate surface area is 195 Å². The maximum Gasteiger partial charge on any atom is 0.263 e. The minimum absolute atomic E-state index is 0.0402. The molecule has 166 valence electrons. The van der Waals surface area contributed by atoms with Gasteiger partial charge < -0.3 is 10.6 Å². The third-order valence-electron chi connectivity index (χ3n) is 4.45. The highest BCUT2D eigenvalue weighted by Gasteiger charge is 2.19. The van der Waals surface area contributed by atoms with E-state index in [9.17, 15) is 18.0 Å². The van der Waals surface area contributed by atoms with Crippen molar-refractivity contribution in [3.8, 4) is 0 Å². The van der Waals surface area contributed by atoms with Crippen LogP contribution < -0.4 is 15.4 Å². The third kappa shape index (κ3) is 5.79. The van der Waals surface area contributed by atoms with E-state index >= 15 is 0 Å². The molecule has 0 aromatic heterocycles. The van der Waals surface area contributed by atoms with Crippen LogP contribution >= 0.6 is 23.2 Å². The average Bonchev–Trinajstić information content (AvgIpc) is 2.79. The van der Waals surface area contributed by atoms with Gasteiger partial charge in [-0.2, -0.15) is 0 Å². The maximum atomic E-state index is 12.6. The van der Waals surface area contributed by atoms with E-state index in [1.165, 1.54) is 42.5 Å². The third-order valence-corrected chi connectivity index (χ3v) is 6.55. The maximum absolute atomic E-state index is 12.6. The first-order valence-electron chi connectivity index (χ1n) is 9.37. The van der Waals surface area contributed by atoms with Crippen LogP contribution in [0.3, 0.4) is 0 Å². The summed E-state index contributed by atoms with van der Waals surface area (Å²) in [6.45, 7) is 0.227. The van der Waals surface area contributed by atoms with Crippen LogP contribution in [0.15, 0.2) is 71.6 Å². The molecule has 32 heavy (non-hydrogen) atoms. The molecule has 0 aliphatic rings. The quantitative estimate of drug-likeness (QED) is 0.462. The first-order chi connectivity index (χ1) is 15.2.